The van der Waals surface area contributed by atoms with Gasteiger partial charge in [0.25, 0.3) is 5.91 Å². The lowest BCUT2D eigenvalue weighted by molar-refractivity contribution is -0.138. The van der Waals surface area contributed by atoms with Gasteiger partial charge < -0.3 is 10.4 Å². The quantitative estimate of drug-likeness (QED) is 0.821. The van der Waals surface area contributed by atoms with E-state index in [2.05, 4.69) is 10.4 Å². The van der Waals surface area contributed by atoms with Crippen LogP contribution in [0.3, 0.4) is 0 Å². The third-order valence-corrected chi connectivity index (χ3v) is 3.82. The molecule has 1 atom stereocenters. The lowest BCUT2D eigenvalue weighted by Gasteiger charge is -2.27. The summed E-state index contributed by atoms with van der Waals surface area (Å²) in [5, 5.41) is 15.9. The molecule has 0 spiro atoms. The van der Waals surface area contributed by atoms with E-state index in [1.165, 1.54) is 6.20 Å². The van der Waals surface area contributed by atoms with E-state index in [4.69, 9.17) is 5.11 Å². The van der Waals surface area contributed by atoms with Gasteiger partial charge in [-0.2, -0.15) is 5.10 Å². The minimum absolute atomic E-state index is 0.118. The second kappa shape index (κ2) is 7.09. The predicted molar refractivity (Wildman–Crippen MR) is 86.2 cm³/mol. The van der Waals surface area contributed by atoms with Gasteiger partial charge in [-0.15, -0.1) is 0 Å². The van der Waals surface area contributed by atoms with Gasteiger partial charge in [0, 0.05) is 11.7 Å². The first-order chi connectivity index (χ1) is 10.9. The minimum atomic E-state index is -0.936. The van der Waals surface area contributed by atoms with Gasteiger partial charge in [0.15, 0.2) is 0 Å². The van der Waals surface area contributed by atoms with Crippen LogP contribution in [0.5, 0.6) is 0 Å². The van der Waals surface area contributed by atoms with Crippen LogP contribution in [0.4, 0.5) is 0 Å². The monoisotopic (exact) mass is 315 g/mol. The maximum absolute atomic E-state index is 12.3. The summed E-state index contributed by atoms with van der Waals surface area (Å²) in [7, 11) is 0. The molecule has 0 aliphatic heterocycles. The molecule has 1 heterocycles. The number of benzene rings is 1. The Balaban J connectivity index is 2.04. The molecule has 1 aromatic carbocycles. The van der Waals surface area contributed by atoms with Crippen LogP contribution < -0.4 is 5.32 Å². The number of carboxylic acid groups (broad SMARTS) is 1. The largest absolute Gasteiger partial charge is 0.481 e. The number of aromatic nitrogens is 2. The van der Waals surface area contributed by atoms with Crippen molar-refractivity contribution in [1.29, 1.82) is 0 Å². The van der Waals surface area contributed by atoms with E-state index in [9.17, 15) is 9.59 Å². The van der Waals surface area contributed by atoms with Gasteiger partial charge in [-0.25, -0.2) is 0 Å². The number of aliphatic carboxylic acids is 1. The van der Waals surface area contributed by atoms with Crippen molar-refractivity contribution in [1.82, 2.24) is 15.1 Å². The van der Waals surface area contributed by atoms with Gasteiger partial charge >= 0.3 is 5.97 Å². The summed E-state index contributed by atoms with van der Waals surface area (Å²) in [6.07, 6.45) is 3.57. The van der Waals surface area contributed by atoms with Gasteiger partial charge in [-0.1, -0.05) is 37.3 Å². The number of hydrogen-bond donors (Lipinski definition) is 2. The van der Waals surface area contributed by atoms with Crippen molar-refractivity contribution >= 4 is 11.9 Å². The van der Waals surface area contributed by atoms with Gasteiger partial charge in [-0.05, 0) is 18.9 Å². The SMILES string of the molecule is CCC(C)(CC(=O)O)NC(=O)c1cnn(Cc2ccccc2)c1. The predicted octanol–water partition coefficient (Wildman–Crippen LogP) is 2.30. The molecule has 1 aromatic heterocycles. The first-order valence-corrected chi connectivity index (χ1v) is 7.52. The van der Waals surface area contributed by atoms with E-state index < -0.39 is 11.5 Å². The Kier molecular flexibility index (Phi) is 5.16. The molecule has 2 rings (SSSR count). The van der Waals surface area contributed by atoms with Crippen LogP contribution in [-0.2, 0) is 11.3 Å². The molecule has 2 aromatic rings. The van der Waals surface area contributed by atoms with Crippen molar-refractivity contribution in [3.05, 3.63) is 53.9 Å². The Labute approximate surface area is 135 Å². The summed E-state index contributed by atoms with van der Waals surface area (Å²) in [4.78, 5) is 23.2. The van der Waals surface area contributed by atoms with Crippen molar-refractivity contribution in [2.75, 3.05) is 0 Å². The molecular formula is C17H21N3O3. The number of carbonyl (C=O) groups excluding carboxylic acids is 1. The standard InChI is InChI=1S/C17H21N3O3/c1-3-17(2,9-15(21)22)19-16(23)14-10-18-20(12-14)11-13-7-5-4-6-8-13/h4-8,10,12H,3,9,11H2,1-2H3,(H,19,23)(H,21,22). The van der Waals surface area contributed by atoms with Crippen molar-refractivity contribution in [2.24, 2.45) is 0 Å². The highest BCUT2D eigenvalue weighted by molar-refractivity contribution is 5.94. The molecule has 0 saturated carbocycles. The molecule has 0 saturated heterocycles. The highest BCUT2D eigenvalue weighted by Crippen LogP contribution is 2.15. The smallest absolute Gasteiger partial charge is 0.305 e. The van der Waals surface area contributed by atoms with E-state index in [-0.39, 0.29) is 12.3 Å². The lowest BCUT2D eigenvalue weighted by atomic mass is 9.94. The second-order valence-corrected chi connectivity index (χ2v) is 5.85. The van der Waals surface area contributed by atoms with E-state index in [1.807, 2.05) is 37.3 Å². The molecule has 6 heteroatoms. The van der Waals surface area contributed by atoms with Crippen molar-refractivity contribution < 1.29 is 14.7 Å². The zero-order valence-electron chi connectivity index (χ0n) is 13.3. The Hall–Kier alpha value is -2.63. The molecule has 122 valence electrons. The van der Waals surface area contributed by atoms with Crippen LogP contribution in [0.2, 0.25) is 0 Å². The zero-order valence-corrected chi connectivity index (χ0v) is 13.3. The molecule has 0 aliphatic rings. The number of carbonyl (C=O) groups is 2. The van der Waals surface area contributed by atoms with Crippen LogP contribution in [0.25, 0.3) is 0 Å². The van der Waals surface area contributed by atoms with E-state index in [0.717, 1.165) is 5.56 Å². The molecule has 1 unspecified atom stereocenters. The summed E-state index contributed by atoms with van der Waals surface area (Å²) in [5.74, 6) is -1.25. The first kappa shape index (κ1) is 16.7. The van der Waals surface area contributed by atoms with Gasteiger partial charge in [-0.3, -0.25) is 14.3 Å². The fourth-order valence-corrected chi connectivity index (χ4v) is 2.28. The lowest BCUT2D eigenvalue weighted by Crippen LogP contribution is -2.46. The summed E-state index contributed by atoms with van der Waals surface area (Å²) >= 11 is 0. The molecule has 0 radical (unpaired) electrons. The highest BCUT2D eigenvalue weighted by Gasteiger charge is 2.28. The molecule has 2 N–H and O–H groups in total. The third kappa shape index (κ3) is 4.67. The summed E-state index contributed by atoms with van der Waals surface area (Å²) < 4.78 is 1.69. The van der Waals surface area contributed by atoms with Crippen LogP contribution >= 0.6 is 0 Å². The van der Waals surface area contributed by atoms with E-state index in [1.54, 1.807) is 17.8 Å². The summed E-state index contributed by atoms with van der Waals surface area (Å²) in [6.45, 7) is 4.16. The number of hydrogen-bond acceptors (Lipinski definition) is 3. The normalized spacial score (nSPS) is 13.3. The molecule has 23 heavy (non-hydrogen) atoms. The fraction of sp³-hybridized carbons (Fsp3) is 0.353. The number of amides is 1. The average molecular weight is 315 g/mol. The van der Waals surface area contributed by atoms with Crippen LogP contribution in [-0.4, -0.2) is 32.3 Å². The highest BCUT2D eigenvalue weighted by atomic mass is 16.4. The molecular weight excluding hydrogens is 294 g/mol. The molecule has 0 fully saturated rings. The van der Waals surface area contributed by atoms with Gasteiger partial charge in [0.05, 0.1) is 24.7 Å². The zero-order chi connectivity index (χ0) is 16.9. The Morgan fingerprint density at radius 2 is 2.00 bits per heavy atom. The number of rotatable bonds is 7. The summed E-state index contributed by atoms with van der Waals surface area (Å²) in [6, 6.07) is 9.82. The number of nitrogens with one attached hydrogen (secondary N) is 1. The molecule has 1 amide bonds. The van der Waals surface area contributed by atoms with E-state index >= 15 is 0 Å². The Morgan fingerprint density at radius 3 is 2.61 bits per heavy atom. The fourth-order valence-electron chi connectivity index (χ4n) is 2.28. The van der Waals surface area contributed by atoms with E-state index in [0.29, 0.717) is 18.5 Å². The number of nitrogens with zero attached hydrogens (tertiary/aromatic N) is 2. The molecule has 6 nitrogen and oxygen atoms in total. The minimum Gasteiger partial charge on any atom is -0.481 e. The Morgan fingerprint density at radius 1 is 1.30 bits per heavy atom. The third-order valence-electron chi connectivity index (χ3n) is 3.82. The van der Waals surface area contributed by atoms with Crippen molar-refractivity contribution in [2.45, 2.75) is 38.8 Å². The summed E-state index contributed by atoms with van der Waals surface area (Å²) in [5.41, 5.74) is 0.739. The first-order valence-electron chi connectivity index (χ1n) is 7.52. The maximum atomic E-state index is 12.3. The second-order valence-electron chi connectivity index (χ2n) is 5.85. The van der Waals surface area contributed by atoms with Crippen molar-refractivity contribution in [3.63, 3.8) is 0 Å². The van der Waals surface area contributed by atoms with Crippen LogP contribution in [0.1, 0.15) is 42.6 Å². The topological polar surface area (TPSA) is 84.2 Å². The maximum Gasteiger partial charge on any atom is 0.305 e. The van der Waals surface area contributed by atoms with Crippen LogP contribution in [0, 0.1) is 0 Å². The number of carboxylic acids is 1. The Bertz CT molecular complexity index is 681. The van der Waals surface area contributed by atoms with Gasteiger partial charge in [0.1, 0.15) is 0 Å². The van der Waals surface area contributed by atoms with Crippen molar-refractivity contribution in [3.8, 4) is 0 Å². The van der Waals surface area contributed by atoms with Gasteiger partial charge in [0.2, 0.25) is 0 Å². The van der Waals surface area contributed by atoms with Crippen LogP contribution in [0.15, 0.2) is 42.7 Å². The molecule has 0 bridgehead atoms. The molecule has 0 aliphatic carbocycles. The average Bonchev–Trinajstić information content (AvgIpc) is 2.96.